The molecule has 0 saturated heterocycles. The number of aromatic nitrogens is 3. The Labute approximate surface area is 116 Å². The third-order valence-electron chi connectivity index (χ3n) is 3.29. The van der Waals surface area contributed by atoms with Crippen molar-refractivity contribution in [3.8, 4) is 17.1 Å². The fourth-order valence-electron chi connectivity index (χ4n) is 2.13. The van der Waals surface area contributed by atoms with E-state index in [2.05, 4.69) is 5.10 Å². The fourth-order valence-corrected chi connectivity index (χ4v) is 2.13. The van der Waals surface area contributed by atoms with Crippen molar-refractivity contribution in [3.63, 3.8) is 0 Å². The summed E-state index contributed by atoms with van der Waals surface area (Å²) in [6, 6.07) is 17.4. The van der Waals surface area contributed by atoms with Gasteiger partial charge in [-0.3, -0.25) is 4.57 Å². The van der Waals surface area contributed by atoms with Gasteiger partial charge >= 0.3 is 5.69 Å². The molecule has 0 radical (unpaired) electrons. The lowest BCUT2D eigenvalue weighted by Crippen LogP contribution is -2.21. The molecular weight excluding hydrogens is 250 g/mol. The minimum Gasteiger partial charge on any atom is -0.278 e. The van der Waals surface area contributed by atoms with E-state index in [-0.39, 0.29) is 5.69 Å². The van der Waals surface area contributed by atoms with Gasteiger partial charge in [0.2, 0.25) is 0 Å². The molecule has 0 atom stereocenters. The fraction of sp³-hybridized carbons (Fsp3) is 0.125. The molecule has 3 aromatic rings. The summed E-state index contributed by atoms with van der Waals surface area (Å²) in [5.41, 5.74) is 2.74. The highest BCUT2D eigenvalue weighted by Crippen LogP contribution is 2.16. The quantitative estimate of drug-likeness (QED) is 0.714. The molecule has 0 unspecified atom stereocenters. The van der Waals surface area contributed by atoms with Crippen LogP contribution in [-0.4, -0.2) is 14.3 Å². The Morgan fingerprint density at radius 3 is 2.25 bits per heavy atom. The van der Waals surface area contributed by atoms with Gasteiger partial charge in [0.1, 0.15) is 0 Å². The maximum atomic E-state index is 12.3. The molecule has 0 fully saturated rings. The van der Waals surface area contributed by atoms with Gasteiger partial charge in [-0.15, -0.1) is 5.10 Å². The lowest BCUT2D eigenvalue weighted by Gasteiger charge is -1.99. The van der Waals surface area contributed by atoms with Gasteiger partial charge in [0.25, 0.3) is 0 Å². The summed E-state index contributed by atoms with van der Waals surface area (Å²) in [5, 5.41) is 4.45. The predicted molar refractivity (Wildman–Crippen MR) is 79.0 cm³/mol. The van der Waals surface area contributed by atoms with Gasteiger partial charge in [0.15, 0.2) is 5.82 Å². The van der Waals surface area contributed by atoms with Crippen molar-refractivity contribution in [2.45, 2.75) is 6.92 Å². The molecule has 2 aromatic carbocycles. The van der Waals surface area contributed by atoms with E-state index in [9.17, 15) is 4.79 Å². The SMILES string of the molecule is Cc1ccc(-c2nn(-c3ccccc3)c(=O)n2C)cc1. The van der Waals surface area contributed by atoms with Crippen LogP contribution < -0.4 is 5.69 Å². The van der Waals surface area contributed by atoms with Crippen molar-refractivity contribution < 1.29 is 0 Å². The monoisotopic (exact) mass is 265 g/mol. The van der Waals surface area contributed by atoms with Crippen LogP contribution in [0.5, 0.6) is 0 Å². The van der Waals surface area contributed by atoms with E-state index < -0.39 is 0 Å². The molecule has 1 heterocycles. The second kappa shape index (κ2) is 4.81. The van der Waals surface area contributed by atoms with E-state index >= 15 is 0 Å². The average Bonchev–Trinajstić information content (AvgIpc) is 2.77. The number of hydrogen-bond donors (Lipinski definition) is 0. The van der Waals surface area contributed by atoms with Crippen LogP contribution in [0.3, 0.4) is 0 Å². The van der Waals surface area contributed by atoms with Crippen LogP contribution >= 0.6 is 0 Å². The Bertz CT molecular complexity index is 783. The first-order valence-corrected chi connectivity index (χ1v) is 6.45. The summed E-state index contributed by atoms with van der Waals surface area (Å²) >= 11 is 0. The molecule has 20 heavy (non-hydrogen) atoms. The Balaban J connectivity index is 2.16. The molecule has 0 saturated carbocycles. The van der Waals surface area contributed by atoms with Crippen molar-refractivity contribution in [3.05, 3.63) is 70.6 Å². The third kappa shape index (κ3) is 2.05. The maximum absolute atomic E-state index is 12.3. The number of nitrogens with zero attached hydrogens (tertiary/aromatic N) is 3. The van der Waals surface area contributed by atoms with E-state index in [1.807, 2.05) is 61.5 Å². The minimum absolute atomic E-state index is 0.147. The number of aryl methyl sites for hydroxylation is 1. The molecular formula is C16H15N3O. The number of rotatable bonds is 2. The summed E-state index contributed by atoms with van der Waals surface area (Å²) in [6.07, 6.45) is 0. The number of hydrogen-bond acceptors (Lipinski definition) is 2. The lowest BCUT2D eigenvalue weighted by atomic mass is 10.1. The molecule has 0 spiro atoms. The second-order valence-electron chi connectivity index (χ2n) is 4.78. The number of benzene rings is 2. The Hall–Kier alpha value is -2.62. The summed E-state index contributed by atoms with van der Waals surface area (Å²) in [7, 11) is 1.74. The first-order chi connectivity index (χ1) is 9.66. The molecule has 1 aromatic heterocycles. The zero-order valence-corrected chi connectivity index (χ0v) is 11.4. The van der Waals surface area contributed by atoms with Crippen LogP contribution in [0.1, 0.15) is 5.56 Å². The van der Waals surface area contributed by atoms with E-state index in [1.165, 1.54) is 10.2 Å². The smallest absolute Gasteiger partial charge is 0.278 e. The van der Waals surface area contributed by atoms with E-state index in [4.69, 9.17) is 0 Å². The van der Waals surface area contributed by atoms with Gasteiger partial charge in [0.05, 0.1) is 5.69 Å². The molecule has 0 aliphatic carbocycles. The Kier molecular flexibility index (Phi) is 2.99. The zero-order chi connectivity index (χ0) is 14.1. The first-order valence-electron chi connectivity index (χ1n) is 6.45. The largest absolute Gasteiger partial charge is 0.350 e. The van der Waals surface area contributed by atoms with Crippen molar-refractivity contribution in [2.24, 2.45) is 7.05 Å². The summed E-state index contributed by atoms with van der Waals surface area (Å²) in [6.45, 7) is 2.03. The summed E-state index contributed by atoms with van der Waals surface area (Å²) in [4.78, 5) is 12.3. The molecule has 0 aliphatic rings. The second-order valence-corrected chi connectivity index (χ2v) is 4.78. The molecule has 4 nitrogen and oxygen atoms in total. The Morgan fingerprint density at radius 2 is 1.60 bits per heavy atom. The highest BCUT2D eigenvalue weighted by molar-refractivity contribution is 5.55. The predicted octanol–water partition coefficient (Wildman–Crippen LogP) is 2.55. The standard InChI is InChI=1S/C16H15N3O/c1-12-8-10-13(11-9-12)15-17-19(16(20)18(15)2)14-6-4-3-5-7-14/h3-11H,1-2H3. The van der Waals surface area contributed by atoms with Gasteiger partial charge in [-0.1, -0.05) is 48.0 Å². The van der Waals surface area contributed by atoms with Crippen LogP contribution in [0.2, 0.25) is 0 Å². The molecule has 0 bridgehead atoms. The van der Waals surface area contributed by atoms with Gasteiger partial charge in [-0.2, -0.15) is 4.68 Å². The summed E-state index contributed by atoms with van der Waals surface area (Å²) < 4.78 is 2.99. The van der Waals surface area contributed by atoms with E-state index in [0.29, 0.717) is 5.82 Å². The molecule has 4 heteroatoms. The van der Waals surface area contributed by atoms with Crippen LogP contribution in [0, 0.1) is 6.92 Å². The molecule has 3 rings (SSSR count). The molecule has 100 valence electrons. The summed E-state index contributed by atoms with van der Waals surface area (Å²) in [5.74, 6) is 0.666. The molecule has 0 N–H and O–H groups in total. The van der Waals surface area contributed by atoms with E-state index in [0.717, 1.165) is 11.3 Å². The average molecular weight is 265 g/mol. The van der Waals surface area contributed by atoms with Crippen molar-refractivity contribution >= 4 is 0 Å². The van der Waals surface area contributed by atoms with Crippen LogP contribution in [-0.2, 0) is 7.05 Å². The van der Waals surface area contributed by atoms with E-state index in [1.54, 1.807) is 11.6 Å². The van der Waals surface area contributed by atoms with Crippen molar-refractivity contribution in [2.75, 3.05) is 0 Å². The maximum Gasteiger partial charge on any atom is 0.350 e. The number of para-hydroxylation sites is 1. The van der Waals surface area contributed by atoms with Crippen LogP contribution in [0.15, 0.2) is 59.4 Å². The van der Waals surface area contributed by atoms with Gasteiger partial charge in [-0.05, 0) is 19.1 Å². The topological polar surface area (TPSA) is 39.8 Å². The molecule has 0 amide bonds. The zero-order valence-electron chi connectivity index (χ0n) is 11.4. The third-order valence-corrected chi connectivity index (χ3v) is 3.29. The first kappa shape index (κ1) is 12.4. The van der Waals surface area contributed by atoms with Gasteiger partial charge < -0.3 is 0 Å². The van der Waals surface area contributed by atoms with Crippen LogP contribution in [0.25, 0.3) is 17.1 Å². The highest BCUT2D eigenvalue weighted by Gasteiger charge is 2.12. The van der Waals surface area contributed by atoms with Crippen LogP contribution in [0.4, 0.5) is 0 Å². The van der Waals surface area contributed by atoms with Gasteiger partial charge in [-0.25, -0.2) is 4.79 Å². The van der Waals surface area contributed by atoms with Gasteiger partial charge in [0, 0.05) is 12.6 Å². The Morgan fingerprint density at radius 1 is 0.950 bits per heavy atom. The molecule has 0 aliphatic heterocycles. The normalized spacial score (nSPS) is 10.7. The lowest BCUT2D eigenvalue weighted by molar-refractivity contribution is 0.799. The van der Waals surface area contributed by atoms with Crippen molar-refractivity contribution in [1.29, 1.82) is 0 Å². The highest BCUT2D eigenvalue weighted by atomic mass is 16.2. The minimum atomic E-state index is -0.147. The van der Waals surface area contributed by atoms with Crippen molar-refractivity contribution in [1.82, 2.24) is 14.3 Å².